The van der Waals surface area contributed by atoms with Gasteiger partial charge in [-0.3, -0.25) is 4.79 Å². The Kier molecular flexibility index (Phi) is 2.30. The molecule has 1 aromatic carbocycles. The topological polar surface area (TPSA) is 81.1 Å². The summed E-state index contributed by atoms with van der Waals surface area (Å²) in [7, 11) is 0. The molecule has 0 radical (unpaired) electrons. The van der Waals surface area contributed by atoms with E-state index in [0.29, 0.717) is 22.7 Å². The molecule has 1 atom stereocenters. The van der Waals surface area contributed by atoms with Crippen molar-refractivity contribution in [1.82, 2.24) is 0 Å². The molecule has 4 heteroatoms. The van der Waals surface area contributed by atoms with Crippen LogP contribution in [0.3, 0.4) is 0 Å². The number of nitrogens with one attached hydrogen (secondary N) is 1. The van der Waals surface area contributed by atoms with E-state index in [-0.39, 0.29) is 0 Å². The zero-order valence-electron chi connectivity index (χ0n) is 9.58. The number of amides is 1. The highest BCUT2D eigenvalue weighted by Gasteiger charge is 2.45. The first-order valence-electron chi connectivity index (χ1n) is 5.36. The summed E-state index contributed by atoms with van der Waals surface area (Å²) in [6, 6.07) is 5.60. The van der Waals surface area contributed by atoms with Gasteiger partial charge in [0.2, 0.25) is 0 Å². The van der Waals surface area contributed by atoms with Crippen LogP contribution in [0.4, 0.5) is 11.4 Å². The van der Waals surface area contributed by atoms with E-state index < -0.39 is 5.91 Å². The van der Waals surface area contributed by atoms with Crippen molar-refractivity contribution >= 4 is 17.3 Å². The van der Waals surface area contributed by atoms with Crippen molar-refractivity contribution in [3.8, 4) is 0 Å². The SMILES string of the molecule is CC1(C)CC1Nc1ccc(N)cc1C(N)=O. The first kappa shape index (κ1) is 10.8. The molecule has 0 aromatic heterocycles. The third kappa shape index (κ3) is 1.96. The largest absolute Gasteiger partial charge is 0.399 e. The number of hydrogen-bond acceptors (Lipinski definition) is 3. The summed E-state index contributed by atoms with van der Waals surface area (Å²) in [5, 5.41) is 3.33. The van der Waals surface area contributed by atoms with Gasteiger partial charge < -0.3 is 16.8 Å². The van der Waals surface area contributed by atoms with Crippen LogP contribution in [0.5, 0.6) is 0 Å². The van der Waals surface area contributed by atoms with Gasteiger partial charge in [0.1, 0.15) is 0 Å². The van der Waals surface area contributed by atoms with Crippen LogP contribution < -0.4 is 16.8 Å². The molecule has 86 valence electrons. The summed E-state index contributed by atoms with van der Waals surface area (Å²) in [6.07, 6.45) is 1.11. The minimum absolute atomic E-state index is 0.302. The first-order valence-corrected chi connectivity index (χ1v) is 5.36. The van der Waals surface area contributed by atoms with Gasteiger partial charge >= 0.3 is 0 Å². The van der Waals surface area contributed by atoms with E-state index in [1.807, 2.05) is 6.07 Å². The van der Waals surface area contributed by atoms with Crippen LogP contribution in [0.1, 0.15) is 30.6 Å². The normalized spacial score (nSPS) is 21.5. The Balaban J connectivity index is 2.24. The van der Waals surface area contributed by atoms with Crippen molar-refractivity contribution in [3.63, 3.8) is 0 Å². The molecule has 1 unspecified atom stereocenters. The highest BCUT2D eigenvalue weighted by atomic mass is 16.1. The molecule has 1 aromatic rings. The summed E-state index contributed by atoms with van der Waals surface area (Å²) >= 11 is 0. The Morgan fingerprint density at radius 2 is 2.12 bits per heavy atom. The Labute approximate surface area is 95.0 Å². The van der Waals surface area contributed by atoms with Gasteiger partial charge in [-0.1, -0.05) is 13.8 Å². The predicted molar refractivity (Wildman–Crippen MR) is 65.2 cm³/mol. The quantitative estimate of drug-likeness (QED) is 0.675. The van der Waals surface area contributed by atoms with Crippen molar-refractivity contribution in [1.29, 1.82) is 0 Å². The van der Waals surface area contributed by atoms with Crippen molar-refractivity contribution < 1.29 is 4.79 Å². The lowest BCUT2D eigenvalue weighted by Crippen LogP contribution is -2.17. The lowest BCUT2D eigenvalue weighted by atomic mass is 10.1. The van der Waals surface area contributed by atoms with E-state index in [0.717, 1.165) is 12.1 Å². The summed E-state index contributed by atoms with van der Waals surface area (Å²) in [6.45, 7) is 4.37. The van der Waals surface area contributed by atoms with Crippen molar-refractivity contribution in [3.05, 3.63) is 23.8 Å². The van der Waals surface area contributed by atoms with Crippen LogP contribution in [-0.2, 0) is 0 Å². The van der Waals surface area contributed by atoms with E-state index in [4.69, 9.17) is 11.5 Å². The minimum atomic E-state index is -0.451. The number of nitrogens with two attached hydrogens (primary N) is 2. The highest BCUT2D eigenvalue weighted by molar-refractivity contribution is 5.99. The number of carbonyl (C=O) groups excluding carboxylic acids is 1. The Morgan fingerprint density at radius 3 is 2.62 bits per heavy atom. The third-order valence-electron chi connectivity index (χ3n) is 3.15. The Bertz CT molecular complexity index is 440. The average molecular weight is 219 g/mol. The number of hydrogen-bond donors (Lipinski definition) is 3. The molecule has 0 heterocycles. The molecular formula is C12H17N3O. The molecule has 2 rings (SSSR count). The van der Waals surface area contributed by atoms with Gasteiger partial charge in [-0.25, -0.2) is 0 Å². The molecule has 1 saturated carbocycles. The van der Waals surface area contributed by atoms with E-state index in [1.54, 1.807) is 12.1 Å². The van der Waals surface area contributed by atoms with Gasteiger partial charge in [0.05, 0.1) is 5.56 Å². The average Bonchev–Trinajstić information content (AvgIpc) is 2.76. The number of anilines is 2. The molecule has 0 aliphatic heterocycles. The van der Waals surface area contributed by atoms with Gasteiger partial charge in [-0.05, 0) is 30.0 Å². The lowest BCUT2D eigenvalue weighted by Gasteiger charge is -2.12. The molecule has 1 fully saturated rings. The summed E-state index contributed by atoms with van der Waals surface area (Å²) in [4.78, 5) is 11.3. The summed E-state index contributed by atoms with van der Waals surface area (Å²) in [5.74, 6) is -0.451. The number of nitrogen functional groups attached to an aromatic ring is 1. The van der Waals surface area contributed by atoms with E-state index in [2.05, 4.69) is 19.2 Å². The van der Waals surface area contributed by atoms with E-state index in [1.165, 1.54) is 0 Å². The Morgan fingerprint density at radius 1 is 1.50 bits per heavy atom. The molecule has 1 aliphatic carbocycles. The number of benzene rings is 1. The maximum Gasteiger partial charge on any atom is 0.250 e. The number of carbonyl (C=O) groups is 1. The maximum absolute atomic E-state index is 11.3. The zero-order chi connectivity index (χ0) is 11.9. The monoisotopic (exact) mass is 219 g/mol. The first-order chi connectivity index (χ1) is 7.40. The molecule has 4 nitrogen and oxygen atoms in total. The maximum atomic E-state index is 11.3. The van der Waals surface area contributed by atoms with Gasteiger partial charge in [-0.2, -0.15) is 0 Å². The fourth-order valence-electron chi connectivity index (χ4n) is 1.79. The van der Waals surface area contributed by atoms with E-state index >= 15 is 0 Å². The standard InChI is InChI=1S/C12H17N3O/c1-12(2)6-10(12)15-9-4-3-7(13)5-8(9)11(14)16/h3-5,10,15H,6,13H2,1-2H3,(H2,14,16). The molecule has 0 saturated heterocycles. The molecule has 0 spiro atoms. The van der Waals surface area contributed by atoms with Crippen molar-refractivity contribution in [2.45, 2.75) is 26.3 Å². The molecule has 1 amide bonds. The summed E-state index contributed by atoms with van der Waals surface area (Å²) in [5.41, 5.74) is 13.0. The predicted octanol–water partition coefficient (Wildman–Crippen LogP) is 1.58. The fourth-order valence-corrected chi connectivity index (χ4v) is 1.79. The number of rotatable bonds is 3. The van der Waals surface area contributed by atoms with Crippen molar-refractivity contribution in [2.24, 2.45) is 11.1 Å². The Hall–Kier alpha value is -1.71. The van der Waals surface area contributed by atoms with Crippen molar-refractivity contribution in [2.75, 3.05) is 11.1 Å². The molecule has 1 aliphatic rings. The molecular weight excluding hydrogens is 202 g/mol. The molecule has 16 heavy (non-hydrogen) atoms. The lowest BCUT2D eigenvalue weighted by molar-refractivity contribution is 0.100. The number of primary amides is 1. The van der Waals surface area contributed by atoms with Gasteiger partial charge in [-0.15, -0.1) is 0 Å². The van der Waals surface area contributed by atoms with Crippen LogP contribution >= 0.6 is 0 Å². The van der Waals surface area contributed by atoms with Gasteiger partial charge in [0, 0.05) is 17.4 Å². The van der Waals surface area contributed by atoms with Gasteiger partial charge in [0.15, 0.2) is 0 Å². The van der Waals surface area contributed by atoms with Crippen LogP contribution in [0.2, 0.25) is 0 Å². The second kappa shape index (κ2) is 3.40. The second-order valence-corrected chi connectivity index (χ2v) is 5.06. The fraction of sp³-hybridized carbons (Fsp3) is 0.417. The van der Waals surface area contributed by atoms with E-state index in [9.17, 15) is 4.79 Å². The van der Waals surface area contributed by atoms with Crippen LogP contribution in [-0.4, -0.2) is 11.9 Å². The smallest absolute Gasteiger partial charge is 0.250 e. The highest BCUT2D eigenvalue weighted by Crippen LogP contribution is 2.46. The van der Waals surface area contributed by atoms with Crippen LogP contribution in [0.25, 0.3) is 0 Å². The zero-order valence-corrected chi connectivity index (χ0v) is 9.58. The minimum Gasteiger partial charge on any atom is -0.399 e. The van der Waals surface area contributed by atoms with Gasteiger partial charge in [0.25, 0.3) is 5.91 Å². The van der Waals surface area contributed by atoms with Crippen LogP contribution in [0.15, 0.2) is 18.2 Å². The molecule has 0 bridgehead atoms. The second-order valence-electron chi connectivity index (χ2n) is 5.06. The summed E-state index contributed by atoms with van der Waals surface area (Å²) < 4.78 is 0. The molecule has 5 N–H and O–H groups in total. The third-order valence-corrected chi connectivity index (χ3v) is 3.15. The van der Waals surface area contributed by atoms with Crippen LogP contribution in [0, 0.1) is 5.41 Å².